The van der Waals surface area contributed by atoms with E-state index in [0.29, 0.717) is 18.9 Å². The molecule has 40 heavy (non-hydrogen) atoms. The molecule has 0 bridgehead atoms. The third-order valence-electron chi connectivity index (χ3n) is 6.38. The van der Waals surface area contributed by atoms with Crippen molar-refractivity contribution in [3.05, 3.63) is 65.7 Å². The molecule has 9 nitrogen and oxygen atoms in total. The molecule has 0 aliphatic rings. The van der Waals surface area contributed by atoms with Crippen LogP contribution in [0.2, 0.25) is 0 Å². The molecule has 2 rings (SSSR count). The topological polar surface area (TPSA) is 126 Å². The van der Waals surface area contributed by atoms with E-state index in [9.17, 15) is 19.2 Å². The van der Waals surface area contributed by atoms with Gasteiger partial charge in [-0.3, -0.25) is 19.2 Å². The van der Waals surface area contributed by atoms with Gasteiger partial charge in [0.15, 0.2) is 0 Å². The van der Waals surface area contributed by atoms with Gasteiger partial charge < -0.3 is 26.0 Å². The Bertz CT molecular complexity index is 1090. The highest BCUT2D eigenvalue weighted by molar-refractivity contribution is 5.94. The number of benzene rings is 2. The molecule has 218 valence electrons. The number of ether oxygens (including phenoxy) is 1. The zero-order chi connectivity index (χ0) is 29.5. The summed E-state index contributed by atoms with van der Waals surface area (Å²) in [4.78, 5) is 50.5. The summed E-state index contributed by atoms with van der Waals surface area (Å²) < 4.78 is 5.83. The number of rotatable bonds is 16. The van der Waals surface area contributed by atoms with E-state index in [1.165, 1.54) is 6.92 Å². The van der Waals surface area contributed by atoms with Crippen molar-refractivity contribution < 1.29 is 23.9 Å². The lowest BCUT2D eigenvalue weighted by Crippen LogP contribution is -2.58. The zero-order valence-electron chi connectivity index (χ0n) is 24.3. The second-order valence-electron chi connectivity index (χ2n) is 10.3. The number of unbranched alkanes of at least 4 members (excludes halogenated alkanes) is 2. The summed E-state index contributed by atoms with van der Waals surface area (Å²) in [7, 11) is 0. The van der Waals surface area contributed by atoms with Crippen LogP contribution < -0.4 is 26.0 Å². The highest BCUT2D eigenvalue weighted by atomic mass is 16.5. The van der Waals surface area contributed by atoms with Crippen LogP contribution in [0.25, 0.3) is 0 Å². The predicted octanol–water partition coefficient (Wildman–Crippen LogP) is 3.26. The first-order valence-electron chi connectivity index (χ1n) is 14.0. The van der Waals surface area contributed by atoms with Crippen LogP contribution in [-0.4, -0.2) is 48.3 Å². The Balaban J connectivity index is 1.99. The molecule has 0 heterocycles. The van der Waals surface area contributed by atoms with Gasteiger partial charge in [0.25, 0.3) is 0 Å². The van der Waals surface area contributed by atoms with Crippen molar-refractivity contribution in [1.82, 2.24) is 21.3 Å². The number of carbonyl (C=O) groups is 4. The fourth-order valence-corrected chi connectivity index (χ4v) is 4.05. The van der Waals surface area contributed by atoms with Crippen molar-refractivity contribution in [2.75, 3.05) is 6.54 Å². The Labute approximate surface area is 237 Å². The largest absolute Gasteiger partial charge is 0.489 e. The lowest BCUT2D eigenvalue weighted by Gasteiger charge is -2.26. The summed E-state index contributed by atoms with van der Waals surface area (Å²) in [5, 5.41) is 11.0. The highest BCUT2D eigenvalue weighted by Crippen LogP contribution is 2.16. The van der Waals surface area contributed by atoms with E-state index in [1.54, 1.807) is 6.92 Å². The van der Waals surface area contributed by atoms with Gasteiger partial charge in [0, 0.05) is 19.9 Å². The molecule has 2 aromatic rings. The van der Waals surface area contributed by atoms with Gasteiger partial charge in [-0.1, -0.05) is 76.1 Å². The minimum atomic E-state index is -0.887. The summed E-state index contributed by atoms with van der Waals surface area (Å²) in [6, 6.07) is 14.6. The molecule has 0 saturated heterocycles. The fourth-order valence-electron chi connectivity index (χ4n) is 4.05. The molecule has 0 aliphatic carbocycles. The molecule has 4 N–H and O–H groups in total. The molecular weight excluding hydrogens is 508 g/mol. The van der Waals surface area contributed by atoms with E-state index in [1.807, 2.05) is 68.4 Å². The van der Waals surface area contributed by atoms with Crippen LogP contribution in [0.4, 0.5) is 0 Å². The first-order chi connectivity index (χ1) is 19.1. The van der Waals surface area contributed by atoms with Gasteiger partial charge in [0.05, 0.1) is 0 Å². The molecule has 0 radical (unpaired) electrons. The highest BCUT2D eigenvalue weighted by Gasteiger charge is 2.30. The number of nitrogens with one attached hydrogen (secondary N) is 4. The monoisotopic (exact) mass is 552 g/mol. The number of hydrogen-bond donors (Lipinski definition) is 4. The van der Waals surface area contributed by atoms with Gasteiger partial charge >= 0.3 is 0 Å². The van der Waals surface area contributed by atoms with Gasteiger partial charge in [-0.15, -0.1) is 0 Å². The Morgan fingerprint density at radius 3 is 2.05 bits per heavy atom. The first kappa shape index (κ1) is 32.3. The third kappa shape index (κ3) is 11.5. The summed E-state index contributed by atoms with van der Waals surface area (Å²) in [5.41, 5.74) is 1.87. The van der Waals surface area contributed by atoms with Crippen molar-refractivity contribution in [3.8, 4) is 5.75 Å². The normalized spacial score (nSPS) is 13.1. The van der Waals surface area contributed by atoms with Gasteiger partial charge in [-0.2, -0.15) is 0 Å². The van der Waals surface area contributed by atoms with E-state index in [4.69, 9.17) is 4.74 Å². The Kier molecular flexibility index (Phi) is 13.7. The van der Waals surface area contributed by atoms with Gasteiger partial charge in [0.2, 0.25) is 23.6 Å². The van der Waals surface area contributed by atoms with Crippen LogP contribution in [0.3, 0.4) is 0 Å². The summed E-state index contributed by atoms with van der Waals surface area (Å²) in [6.45, 7) is 9.64. The molecule has 9 heteroatoms. The van der Waals surface area contributed by atoms with Crippen LogP contribution in [0.5, 0.6) is 5.75 Å². The Morgan fingerprint density at radius 1 is 0.775 bits per heavy atom. The minimum absolute atomic E-state index is 0.230. The van der Waals surface area contributed by atoms with Crippen LogP contribution >= 0.6 is 0 Å². The molecule has 0 saturated carbocycles. The lowest BCUT2D eigenvalue weighted by atomic mass is 10.0. The maximum atomic E-state index is 13.2. The average molecular weight is 553 g/mol. The quantitative estimate of drug-likeness (QED) is 0.238. The lowest BCUT2D eigenvalue weighted by molar-refractivity contribution is -0.134. The van der Waals surface area contributed by atoms with E-state index >= 15 is 0 Å². The summed E-state index contributed by atoms with van der Waals surface area (Å²) in [6.07, 6.45) is 3.17. The second-order valence-corrected chi connectivity index (χ2v) is 10.3. The van der Waals surface area contributed by atoms with Gasteiger partial charge in [-0.05, 0) is 42.5 Å². The average Bonchev–Trinajstić information content (AvgIpc) is 2.93. The van der Waals surface area contributed by atoms with Crippen molar-refractivity contribution in [3.63, 3.8) is 0 Å². The third-order valence-corrected chi connectivity index (χ3v) is 6.38. The zero-order valence-corrected chi connectivity index (χ0v) is 24.3. The number of carbonyl (C=O) groups excluding carboxylic acids is 4. The molecule has 0 fully saturated rings. The maximum absolute atomic E-state index is 13.2. The van der Waals surface area contributed by atoms with E-state index in [2.05, 4.69) is 28.2 Å². The SMILES string of the molecule is CCCCCNC(=O)[C@H](C)NC(=O)[C@@H](NC(=O)[C@H](Cc1ccc(OCc2ccccc2)cc1)NC(C)=O)C(C)C. The van der Waals surface area contributed by atoms with Crippen molar-refractivity contribution in [1.29, 1.82) is 0 Å². The first-order valence-corrected chi connectivity index (χ1v) is 14.0. The maximum Gasteiger partial charge on any atom is 0.243 e. The molecule has 0 spiro atoms. The van der Waals surface area contributed by atoms with E-state index in [0.717, 1.165) is 30.4 Å². The van der Waals surface area contributed by atoms with Gasteiger partial charge in [-0.25, -0.2) is 0 Å². The molecule has 0 aliphatic heterocycles. The summed E-state index contributed by atoms with van der Waals surface area (Å²) >= 11 is 0. The van der Waals surface area contributed by atoms with Crippen LogP contribution in [0.1, 0.15) is 65.0 Å². The van der Waals surface area contributed by atoms with Crippen LogP contribution in [0.15, 0.2) is 54.6 Å². The smallest absolute Gasteiger partial charge is 0.243 e. The van der Waals surface area contributed by atoms with Crippen molar-refractivity contribution in [2.45, 2.75) is 85.0 Å². The molecule has 2 aromatic carbocycles. The van der Waals surface area contributed by atoms with E-state index < -0.39 is 29.9 Å². The molecule has 0 aromatic heterocycles. The van der Waals surface area contributed by atoms with E-state index in [-0.39, 0.29) is 24.2 Å². The predicted molar refractivity (Wildman–Crippen MR) is 155 cm³/mol. The molecule has 0 unspecified atom stereocenters. The van der Waals surface area contributed by atoms with Crippen LogP contribution in [0, 0.1) is 5.92 Å². The summed E-state index contributed by atoms with van der Waals surface area (Å²) in [5.74, 6) is -1.13. The van der Waals surface area contributed by atoms with Crippen molar-refractivity contribution in [2.24, 2.45) is 5.92 Å². The minimum Gasteiger partial charge on any atom is -0.489 e. The Morgan fingerprint density at radius 2 is 1.45 bits per heavy atom. The fraction of sp³-hybridized carbons (Fsp3) is 0.484. The number of hydrogen-bond acceptors (Lipinski definition) is 5. The standard InChI is InChI=1S/C31H44N4O5/c1-6-7-11-18-32-29(37)22(4)33-31(39)28(21(2)3)35-30(38)27(34-23(5)36)19-24-14-16-26(17-15-24)40-20-25-12-9-8-10-13-25/h8-10,12-17,21-22,27-28H,6-7,11,18-20H2,1-5H3,(H,32,37)(H,33,39)(H,34,36)(H,35,38)/t22-,27-,28-/m0/s1. The van der Waals surface area contributed by atoms with Crippen molar-refractivity contribution >= 4 is 23.6 Å². The second kappa shape index (κ2) is 16.9. The number of amides is 4. The molecule has 3 atom stereocenters. The van der Waals surface area contributed by atoms with Crippen LogP contribution in [-0.2, 0) is 32.2 Å². The Hall–Kier alpha value is -3.88. The van der Waals surface area contributed by atoms with Gasteiger partial charge in [0.1, 0.15) is 30.5 Å². The molecule has 4 amide bonds. The molecular formula is C31H44N4O5.